The van der Waals surface area contributed by atoms with Crippen LogP contribution in [0.5, 0.6) is 0 Å². The molecule has 2 aliphatic rings. The van der Waals surface area contributed by atoms with Crippen molar-refractivity contribution >= 4 is 0 Å². The Morgan fingerprint density at radius 2 is 2.11 bits per heavy atom. The topological polar surface area (TPSA) is 41.3 Å². The van der Waals surface area contributed by atoms with E-state index in [2.05, 4.69) is 28.5 Å². The Balaban J connectivity index is 1.42. The predicted molar refractivity (Wildman–Crippen MR) is 74.7 cm³/mol. The normalized spacial score (nSPS) is 20.5. The van der Waals surface area contributed by atoms with Gasteiger partial charge in [0.2, 0.25) is 0 Å². The quantitative estimate of drug-likeness (QED) is 0.821. The number of nitrogens with zero attached hydrogens (tertiary/aromatic N) is 2. The van der Waals surface area contributed by atoms with Crippen molar-refractivity contribution in [3.05, 3.63) is 17.5 Å². The summed E-state index contributed by atoms with van der Waals surface area (Å²) >= 11 is 0. The molecule has 4 nitrogen and oxygen atoms in total. The van der Waals surface area contributed by atoms with Crippen LogP contribution < -0.4 is 5.32 Å². The molecule has 2 fully saturated rings. The first-order chi connectivity index (χ1) is 9.29. The Bertz CT molecular complexity index is 394. The number of nitrogens with one attached hydrogen (secondary N) is 1. The van der Waals surface area contributed by atoms with Crippen LogP contribution in [-0.2, 0) is 13.1 Å². The van der Waals surface area contributed by atoms with E-state index in [4.69, 9.17) is 4.52 Å². The molecule has 0 atom stereocenters. The SMILES string of the molecule is CN(Cc1cc(CNC2CC2)no1)CC1CCCC1. The number of aromatic nitrogens is 1. The van der Waals surface area contributed by atoms with Crippen molar-refractivity contribution in [3.8, 4) is 0 Å². The molecule has 4 heteroatoms. The molecule has 1 N–H and O–H groups in total. The second kappa shape index (κ2) is 6.06. The average molecular weight is 263 g/mol. The third kappa shape index (κ3) is 4.05. The van der Waals surface area contributed by atoms with Crippen LogP contribution in [0.4, 0.5) is 0 Å². The van der Waals surface area contributed by atoms with E-state index in [-0.39, 0.29) is 0 Å². The highest BCUT2D eigenvalue weighted by atomic mass is 16.5. The average Bonchev–Trinajstić information content (AvgIpc) is 2.88. The van der Waals surface area contributed by atoms with E-state index in [1.165, 1.54) is 45.1 Å². The summed E-state index contributed by atoms with van der Waals surface area (Å²) in [6, 6.07) is 2.82. The van der Waals surface area contributed by atoms with Gasteiger partial charge in [0.05, 0.1) is 12.2 Å². The number of rotatable bonds is 7. The van der Waals surface area contributed by atoms with Crippen LogP contribution in [0, 0.1) is 5.92 Å². The predicted octanol–water partition coefficient (Wildman–Crippen LogP) is 2.55. The highest BCUT2D eigenvalue weighted by Crippen LogP contribution is 2.25. The van der Waals surface area contributed by atoms with Gasteiger partial charge in [-0.2, -0.15) is 0 Å². The lowest BCUT2D eigenvalue weighted by Crippen LogP contribution is -2.23. The van der Waals surface area contributed by atoms with Crippen molar-refractivity contribution in [1.82, 2.24) is 15.4 Å². The maximum atomic E-state index is 5.42. The van der Waals surface area contributed by atoms with Gasteiger partial charge in [-0.15, -0.1) is 0 Å². The fourth-order valence-corrected chi connectivity index (χ4v) is 3.01. The lowest BCUT2D eigenvalue weighted by molar-refractivity contribution is 0.238. The molecule has 2 saturated carbocycles. The largest absolute Gasteiger partial charge is 0.360 e. The molecular weight excluding hydrogens is 238 g/mol. The van der Waals surface area contributed by atoms with Gasteiger partial charge in [0.1, 0.15) is 0 Å². The monoisotopic (exact) mass is 263 g/mol. The fourth-order valence-electron chi connectivity index (χ4n) is 3.01. The minimum atomic E-state index is 0.727. The molecule has 1 aromatic rings. The second-order valence-electron chi connectivity index (χ2n) is 6.29. The Labute approximate surface area is 115 Å². The lowest BCUT2D eigenvalue weighted by Gasteiger charge is -2.18. The van der Waals surface area contributed by atoms with Crippen LogP contribution in [-0.4, -0.2) is 29.7 Å². The van der Waals surface area contributed by atoms with Crippen molar-refractivity contribution in [2.75, 3.05) is 13.6 Å². The maximum absolute atomic E-state index is 5.42. The van der Waals surface area contributed by atoms with E-state index >= 15 is 0 Å². The van der Waals surface area contributed by atoms with E-state index < -0.39 is 0 Å². The van der Waals surface area contributed by atoms with Crippen LogP contribution in [0.15, 0.2) is 10.6 Å². The van der Waals surface area contributed by atoms with Crippen molar-refractivity contribution < 1.29 is 4.52 Å². The molecular formula is C15H25N3O. The van der Waals surface area contributed by atoms with Gasteiger partial charge in [0.25, 0.3) is 0 Å². The van der Waals surface area contributed by atoms with Gasteiger partial charge < -0.3 is 9.84 Å². The Morgan fingerprint density at radius 1 is 1.32 bits per heavy atom. The standard InChI is InChI=1S/C15H25N3O/c1-18(10-12-4-2-3-5-12)11-15-8-14(17-19-15)9-16-13-6-7-13/h8,12-13,16H,2-7,9-11H2,1H3. The smallest absolute Gasteiger partial charge is 0.151 e. The maximum Gasteiger partial charge on any atom is 0.151 e. The lowest BCUT2D eigenvalue weighted by atomic mass is 10.1. The van der Waals surface area contributed by atoms with Gasteiger partial charge in [0, 0.05) is 25.2 Å². The number of hydrogen-bond acceptors (Lipinski definition) is 4. The Morgan fingerprint density at radius 3 is 2.84 bits per heavy atom. The van der Waals surface area contributed by atoms with Gasteiger partial charge >= 0.3 is 0 Å². The molecule has 0 aromatic carbocycles. The van der Waals surface area contributed by atoms with Crippen molar-refractivity contribution in [2.24, 2.45) is 5.92 Å². The van der Waals surface area contributed by atoms with E-state index in [0.29, 0.717) is 0 Å². The minimum absolute atomic E-state index is 0.727. The van der Waals surface area contributed by atoms with Crippen LogP contribution in [0.2, 0.25) is 0 Å². The van der Waals surface area contributed by atoms with E-state index in [9.17, 15) is 0 Å². The molecule has 0 bridgehead atoms. The first-order valence-electron chi connectivity index (χ1n) is 7.66. The third-order valence-electron chi connectivity index (χ3n) is 4.23. The second-order valence-corrected chi connectivity index (χ2v) is 6.29. The summed E-state index contributed by atoms with van der Waals surface area (Å²) in [7, 11) is 2.18. The molecule has 0 amide bonds. The zero-order valence-corrected chi connectivity index (χ0v) is 11.9. The van der Waals surface area contributed by atoms with Gasteiger partial charge in [-0.05, 0) is 38.6 Å². The molecule has 3 rings (SSSR count). The van der Waals surface area contributed by atoms with E-state index in [1.807, 2.05) is 0 Å². The summed E-state index contributed by atoms with van der Waals surface area (Å²) in [6.07, 6.45) is 8.26. The van der Waals surface area contributed by atoms with Crippen molar-refractivity contribution in [2.45, 2.75) is 57.7 Å². The summed E-state index contributed by atoms with van der Waals surface area (Å²) in [5.41, 5.74) is 1.04. The zero-order chi connectivity index (χ0) is 13.1. The molecule has 0 unspecified atom stereocenters. The summed E-state index contributed by atoms with van der Waals surface area (Å²) < 4.78 is 5.42. The molecule has 0 aliphatic heterocycles. The molecule has 2 aliphatic carbocycles. The molecule has 0 radical (unpaired) electrons. The van der Waals surface area contributed by atoms with Crippen molar-refractivity contribution in [1.29, 1.82) is 0 Å². The molecule has 0 spiro atoms. The van der Waals surface area contributed by atoms with Gasteiger partial charge in [-0.25, -0.2) is 0 Å². The summed E-state index contributed by atoms with van der Waals surface area (Å²) in [5.74, 6) is 1.89. The molecule has 19 heavy (non-hydrogen) atoms. The third-order valence-corrected chi connectivity index (χ3v) is 4.23. The first-order valence-corrected chi connectivity index (χ1v) is 7.66. The molecule has 106 valence electrons. The zero-order valence-electron chi connectivity index (χ0n) is 11.9. The summed E-state index contributed by atoms with van der Waals surface area (Å²) in [6.45, 7) is 2.92. The molecule has 0 saturated heterocycles. The van der Waals surface area contributed by atoms with Crippen LogP contribution in [0.3, 0.4) is 0 Å². The first kappa shape index (κ1) is 13.1. The van der Waals surface area contributed by atoms with Crippen LogP contribution in [0.1, 0.15) is 50.0 Å². The summed E-state index contributed by atoms with van der Waals surface area (Å²) in [4.78, 5) is 2.37. The summed E-state index contributed by atoms with van der Waals surface area (Å²) in [5, 5.41) is 7.60. The van der Waals surface area contributed by atoms with Gasteiger partial charge in [-0.3, -0.25) is 4.90 Å². The van der Waals surface area contributed by atoms with Gasteiger partial charge in [-0.1, -0.05) is 18.0 Å². The minimum Gasteiger partial charge on any atom is -0.360 e. The van der Waals surface area contributed by atoms with E-state index in [0.717, 1.165) is 36.5 Å². The van der Waals surface area contributed by atoms with E-state index in [1.54, 1.807) is 0 Å². The van der Waals surface area contributed by atoms with Gasteiger partial charge in [0.15, 0.2) is 5.76 Å². The highest BCUT2D eigenvalue weighted by Gasteiger charge is 2.21. The van der Waals surface area contributed by atoms with Crippen LogP contribution in [0.25, 0.3) is 0 Å². The molecule has 1 heterocycles. The Hall–Kier alpha value is -0.870. The highest BCUT2D eigenvalue weighted by molar-refractivity contribution is 5.05. The fraction of sp³-hybridized carbons (Fsp3) is 0.800. The molecule has 1 aromatic heterocycles. The number of hydrogen-bond donors (Lipinski definition) is 1. The van der Waals surface area contributed by atoms with Crippen molar-refractivity contribution in [3.63, 3.8) is 0 Å². The van der Waals surface area contributed by atoms with Crippen LogP contribution >= 0.6 is 0 Å². The Kier molecular flexibility index (Phi) is 4.18.